The van der Waals surface area contributed by atoms with Crippen molar-refractivity contribution in [2.75, 3.05) is 7.11 Å². The van der Waals surface area contributed by atoms with E-state index in [1.807, 2.05) is 74.5 Å². The van der Waals surface area contributed by atoms with E-state index in [4.69, 9.17) is 4.74 Å². The molecule has 132 valence electrons. The Balaban J connectivity index is 2.48. The highest BCUT2D eigenvalue weighted by Crippen LogP contribution is 2.36. The molecule has 0 heterocycles. The number of nitrogens with one attached hydrogen (secondary N) is 1. The zero-order valence-corrected chi connectivity index (χ0v) is 14.9. The maximum atomic E-state index is 13.0. The van der Waals surface area contributed by atoms with Crippen molar-refractivity contribution in [3.63, 3.8) is 0 Å². The van der Waals surface area contributed by atoms with Crippen LogP contribution in [0.2, 0.25) is 0 Å². The van der Waals surface area contributed by atoms with Gasteiger partial charge in [0.15, 0.2) is 0 Å². The van der Waals surface area contributed by atoms with Crippen molar-refractivity contribution < 1.29 is 14.3 Å². The maximum Gasteiger partial charge on any atom is 0.306 e. The van der Waals surface area contributed by atoms with Crippen LogP contribution in [0, 0.1) is 0 Å². The van der Waals surface area contributed by atoms with Gasteiger partial charge < -0.3 is 10.1 Å². The van der Waals surface area contributed by atoms with E-state index >= 15 is 0 Å². The number of carbonyl (C=O) groups excluding carboxylic acids is 2. The molecule has 0 saturated carbocycles. The highest BCUT2D eigenvalue weighted by atomic mass is 16.5. The van der Waals surface area contributed by atoms with Gasteiger partial charge in [-0.15, -0.1) is 0 Å². The van der Waals surface area contributed by atoms with Gasteiger partial charge in [0, 0.05) is 12.0 Å². The number of rotatable bonds is 7. The SMILES string of the molecule is COC(=O)C[C@@H](c1ccccc1)[C@@H](C(=O)NC(C)C)c1ccccc1. The van der Waals surface area contributed by atoms with Gasteiger partial charge in [-0.3, -0.25) is 9.59 Å². The molecule has 0 radical (unpaired) electrons. The lowest BCUT2D eigenvalue weighted by atomic mass is 9.78. The van der Waals surface area contributed by atoms with Gasteiger partial charge in [-0.1, -0.05) is 60.7 Å². The van der Waals surface area contributed by atoms with Gasteiger partial charge in [-0.05, 0) is 25.0 Å². The maximum absolute atomic E-state index is 13.0. The minimum absolute atomic E-state index is 0.0215. The average molecular weight is 339 g/mol. The Kier molecular flexibility index (Phi) is 6.75. The lowest BCUT2D eigenvalue weighted by molar-refractivity contribution is -0.141. The van der Waals surface area contributed by atoms with Crippen molar-refractivity contribution >= 4 is 11.9 Å². The number of ether oxygens (including phenoxy) is 1. The normalized spacial score (nSPS) is 13.1. The number of methoxy groups -OCH3 is 1. The lowest BCUT2D eigenvalue weighted by Crippen LogP contribution is -2.37. The van der Waals surface area contributed by atoms with Crippen LogP contribution in [0.25, 0.3) is 0 Å². The molecule has 0 aliphatic carbocycles. The number of carbonyl (C=O) groups is 2. The first-order valence-corrected chi connectivity index (χ1v) is 8.50. The molecule has 2 aromatic carbocycles. The fourth-order valence-electron chi connectivity index (χ4n) is 2.99. The molecular weight excluding hydrogens is 314 g/mol. The molecule has 0 unspecified atom stereocenters. The zero-order chi connectivity index (χ0) is 18.2. The zero-order valence-electron chi connectivity index (χ0n) is 14.9. The second kappa shape index (κ2) is 9.02. The molecule has 0 aliphatic rings. The summed E-state index contributed by atoms with van der Waals surface area (Å²) in [7, 11) is 1.37. The summed E-state index contributed by atoms with van der Waals surface area (Å²) >= 11 is 0. The summed E-state index contributed by atoms with van der Waals surface area (Å²) in [5.74, 6) is -1.18. The number of hydrogen-bond donors (Lipinski definition) is 1. The van der Waals surface area contributed by atoms with Gasteiger partial charge >= 0.3 is 5.97 Å². The van der Waals surface area contributed by atoms with Crippen LogP contribution in [0.1, 0.15) is 43.2 Å². The predicted molar refractivity (Wildman–Crippen MR) is 98.3 cm³/mol. The standard InChI is InChI=1S/C21H25NO3/c1-15(2)22-21(24)20(17-12-8-5-9-13-17)18(14-19(23)25-3)16-10-6-4-7-11-16/h4-13,15,18,20H,14H2,1-3H3,(H,22,24)/t18-,20-/m0/s1. The third kappa shape index (κ3) is 5.18. The first kappa shape index (κ1) is 18.7. The second-order valence-electron chi connectivity index (χ2n) is 6.35. The van der Waals surface area contributed by atoms with Crippen LogP contribution in [0.4, 0.5) is 0 Å². The molecule has 0 spiro atoms. The molecule has 2 aromatic rings. The summed E-state index contributed by atoms with van der Waals surface area (Å²) in [5, 5.41) is 2.99. The van der Waals surface area contributed by atoms with Crippen LogP contribution < -0.4 is 5.32 Å². The van der Waals surface area contributed by atoms with E-state index in [9.17, 15) is 9.59 Å². The Labute approximate surface area is 149 Å². The first-order valence-electron chi connectivity index (χ1n) is 8.50. The molecule has 0 aliphatic heterocycles. The van der Waals surface area contributed by atoms with Crippen LogP contribution in [-0.2, 0) is 14.3 Å². The molecule has 4 nitrogen and oxygen atoms in total. The van der Waals surface area contributed by atoms with Gasteiger partial charge in [0.2, 0.25) is 5.91 Å². The van der Waals surface area contributed by atoms with Crippen LogP contribution in [0.3, 0.4) is 0 Å². The van der Waals surface area contributed by atoms with Crippen molar-refractivity contribution in [2.24, 2.45) is 0 Å². The Morgan fingerprint density at radius 3 is 1.92 bits per heavy atom. The van der Waals surface area contributed by atoms with E-state index in [1.54, 1.807) is 0 Å². The van der Waals surface area contributed by atoms with Crippen LogP contribution >= 0.6 is 0 Å². The summed E-state index contributed by atoms with van der Waals surface area (Å²) < 4.78 is 4.88. The Morgan fingerprint density at radius 2 is 1.44 bits per heavy atom. The molecule has 0 fully saturated rings. The number of amides is 1. The minimum atomic E-state index is -0.468. The Bertz CT molecular complexity index is 683. The molecule has 0 saturated heterocycles. The van der Waals surface area contributed by atoms with E-state index in [-0.39, 0.29) is 30.3 Å². The summed E-state index contributed by atoms with van der Waals surface area (Å²) in [4.78, 5) is 25.0. The number of esters is 1. The van der Waals surface area contributed by atoms with Crippen molar-refractivity contribution in [2.45, 2.75) is 38.1 Å². The Hall–Kier alpha value is -2.62. The van der Waals surface area contributed by atoms with Crippen molar-refractivity contribution in [3.05, 3.63) is 71.8 Å². The highest BCUT2D eigenvalue weighted by molar-refractivity contribution is 5.86. The highest BCUT2D eigenvalue weighted by Gasteiger charge is 2.33. The second-order valence-corrected chi connectivity index (χ2v) is 6.35. The third-order valence-electron chi connectivity index (χ3n) is 4.12. The molecule has 0 bridgehead atoms. The van der Waals surface area contributed by atoms with Crippen LogP contribution in [-0.4, -0.2) is 25.0 Å². The van der Waals surface area contributed by atoms with E-state index in [1.165, 1.54) is 7.11 Å². The van der Waals surface area contributed by atoms with Crippen molar-refractivity contribution in [3.8, 4) is 0 Å². The smallest absolute Gasteiger partial charge is 0.306 e. The van der Waals surface area contributed by atoms with Gasteiger partial charge in [-0.25, -0.2) is 0 Å². The summed E-state index contributed by atoms with van der Waals surface area (Å²) in [6, 6.07) is 19.3. The van der Waals surface area contributed by atoms with E-state index in [2.05, 4.69) is 5.32 Å². The van der Waals surface area contributed by atoms with Crippen LogP contribution in [0.5, 0.6) is 0 Å². The molecule has 1 N–H and O–H groups in total. The molecule has 2 rings (SSSR count). The predicted octanol–water partition coefficient (Wildman–Crippen LogP) is 3.64. The summed E-state index contributed by atoms with van der Waals surface area (Å²) in [6.07, 6.45) is 0.144. The molecule has 2 atom stereocenters. The molecular formula is C21H25NO3. The number of hydrogen-bond acceptors (Lipinski definition) is 3. The molecule has 1 amide bonds. The van der Waals surface area contributed by atoms with E-state index < -0.39 is 5.92 Å². The minimum Gasteiger partial charge on any atom is -0.469 e. The fourth-order valence-corrected chi connectivity index (χ4v) is 2.99. The van der Waals surface area contributed by atoms with Gasteiger partial charge in [0.1, 0.15) is 0 Å². The topological polar surface area (TPSA) is 55.4 Å². The Morgan fingerprint density at radius 1 is 0.920 bits per heavy atom. The van der Waals surface area contributed by atoms with E-state index in [0.717, 1.165) is 11.1 Å². The quantitative estimate of drug-likeness (QED) is 0.784. The molecule has 4 heteroatoms. The van der Waals surface area contributed by atoms with Gasteiger partial charge in [-0.2, -0.15) is 0 Å². The largest absolute Gasteiger partial charge is 0.469 e. The lowest BCUT2D eigenvalue weighted by Gasteiger charge is -2.27. The fraction of sp³-hybridized carbons (Fsp3) is 0.333. The average Bonchev–Trinajstić information content (AvgIpc) is 2.62. The first-order chi connectivity index (χ1) is 12.0. The summed E-state index contributed by atoms with van der Waals surface area (Å²) in [6.45, 7) is 3.86. The monoisotopic (exact) mass is 339 g/mol. The molecule has 0 aromatic heterocycles. The van der Waals surface area contributed by atoms with Crippen molar-refractivity contribution in [1.82, 2.24) is 5.32 Å². The van der Waals surface area contributed by atoms with E-state index in [0.29, 0.717) is 0 Å². The number of benzene rings is 2. The van der Waals surface area contributed by atoms with Crippen LogP contribution in [0.15, 0.2) is 60.7 Å². The van der Waals surface area contributed by atoms with Gasteiger partial charge in [0.25, 0.3) is 0 Å². The van der Waals surface area contributed by atoms with Crippen molar-refractivity contribution in [1.29, 1.82) is 0 Å². The van der Waals surface area contributed by atoms with Gasteiger partial charge in [0.05, 0.1) is 19.4 Å². The molecule has 25 heavy (non-hydrogen) atoms. The summed E-state index contributed by atoms with van der Waals surface area (Å²) in [5.41, 5.74) is 1.83. The third-order valence-corrected chi connectivity index (χ3v) is 4.12.